The van der Waals surface area contributed by atoms with Crippen molar-refractivity contribution in [3.63, 3.8) is 0 Å². The summed E-state index contributed by atoms with van der Waals surface area (Å²) in [7, 11) is 0. The van der Waals surface area contributed by atoms with Crippen LogP contribution in [0.3, 0.4) is 0 Å². The van der Waals surface area contributed by atoms with Gasteiger partial charge in [0.25, 0.3) is 0 Å². The molecule has 0 nitrogen and oxygen atoms in total. The van der Waals surface area contributed by atoms with Crippen molar-refractivity contribution in [2.45, 2.75) is 13.3 Å². The third kappa shape index (κ3) is 4.91. The Hall–Kier alpha value is -5.92. The van der Waals surface area contributed by atoms with Gasteiger partial charge in [0.2, 0.25) is 0 Å². The summed E-state index contributed by atoms with van der Waals surface area (Å²) in [5.41, 5.74) is 23.6. The first kappa shape index (κ1) is 30.9. The van der Waals surface area contributed by atoms with Crippen LogP contribution in [0.15, 0.2) is 182 Å². The molecule has 0 N–H and O–H groups in total. The Morgan fingerprint density at radius 2 is 0.846 bits per heavy atom. The fourth-order valence-corrected chi connectivity index (χ4v) is 9.19. The van der Waals surface area contributed by atoms with E-state index in [1.165, 1.54) is 99.4 Å². The standard InChI is InChI=1S/C49H35B3/c1-32-31-36-13-3-4-14-39(36)48(32)49(35-25-29-38(30-26-35)52-46-21-11-7-17-42(46)43-18-8-12-22-47(43)52)50-33(2)34-23-27-37(28-24-34)51-44-19-9-5-15-40(44)41-16-6-10-20-45(41)51/h3-30H,1,31H2,2H3/b49-48+. The van der Waals surface area contributed by atoms with Crippen LogP contribution >= 0.6 is 0 Å². The summed E-state index contributed by atoms with van der Waals surface area (Å²) < 4.78 is 0. The zero-order valence-electron chi connectivity index (χ0n) is 29.3. The van der Waals surface area contributed by atoms with Crippen LogP contribution in [-0.4, -0.2) is 25.8 Å². The molecular weight excluding hydrogens is 621 g/mol. The molecule has 0 atom stereocenters. The molecule has 0 spiro atoms. The minimum absolute atomic E-state index is 0.231. The molecule has 3 aliphatic rings. The van der Waals surface area contributed by atoms with Crippen molar-refractivity contribution in [2.24, 2.45) is 0 Å². The van der Waals surface area contributed by atoms with E-state index >= 15 is 0 Å². The molecule has 3 heteroatoms. The fraction of sp³-hybridized carbons (Fsp3) is 0.0408. The molecule has 1 aliphatic carbocycles. The second-order valence-corrected chi connectivity index (χ2v) is 14.5. The van der Waals surface area contributed by atoms with E-state index in [1.54, 1.807) is 0 Å². The summed E-state index contributed by atoms with van der Waals surface area (Å²) in [5.74, 6) is 0. The zero-order valence-corrected chi connectivity index (χ0v) is 29.3. The van der Waals surface area contributed by atoms with Gasteiger partial charge < -0.3 is 0 Å². The Morgan fingerprint density at radius 1 is 0.462 bits per heavy atom. The van der Waals surface area contributed by atoms with Gasteiger partial charge in [0, 0.05) is 0 Å². The van der Waals surface area contributed by atoms with E-state index < -0.39 is 0 Å². The van der Waals surface area contributed by atoms with E-state index in [4.69, 9.17) is 0 Å². The summed E-state index contributed by atoms with van der Waals surface area (Å²) >= 11 is 0. The van der Waals surface area contributed by atoms with E-state index in [1.807, 2.05) is 0 Å². The molecule has 0 amide bonds. The molecule has 0 bridgehead atoms. The third-order valence-electron chi connectivity index (χ3n) is 11.6. The number of rotatable bonds is 5. The van der Waals surface area contributed by atoms with Crippen molar-refractivity contribution in [1.29, 1.82) is 0 Å². The first-order valence-corrected chi connectivity index (χ1v) is 18.4. The van der Waals surface area contributed by atoms with Gasteiger partial charge in [-0.1, -0.05) is 0 Å². The maximum atomic E-state index is 4.61. The van der Waals surface area contributed by atoms with E-state index in [0.717, 1.165) is 6.42 Å². The number of benzene rings is 7. The molecule has 10 rings (SSSR count). The van der Waals surface area contributed by atoms with E-state index in [0.29, 0.717) is 0 Å². The fourth-order valence-electron chi connectivity index (χ4n) is 9.19. The maximum absolute atomic E-state index is 4.61. The topological polar surface area (TPSA) is 0 Å². The Balaban J connectivity index is 1.05. The van der Waals surface area contributed by atoms with Gasteiger partial charge in [-0.05, 0) is 0 Å². The monoisotopic (exact) mass is 656 g/mol. The van der Waals surface area contributed by atoms with E-state index in [2.05, 4.69) is 190 Å². The average molecular weight is 656 g/mol. The predicted octanol–water partition coefficient (Wildman–Crippen LogP) is 6.61. The van der Waals surface area contributed by atoms with Crippen molar-refractivity contribution in [3.8, 4) is 22.3 Å². The van der Waals surface area contributed by atoms with Crippen LogP contribution in [0.25, 0.3) is 33.3 Å². The summed E-state index contributed by atoms with van der Waals surface area (Å²) in [5, 5.41) is 0. The molecular formula is C49H35B3. The molecule has 2 aliphatic heterocycles. The van der Waals surface area contributed by atoms with Gasteiger partial charge in [0.05, 0.1) is 0 Å². The predicted molar refractivity (Wildman–Crippen MR) is 228 cm³/mol. The van der Waals surface area contributed by atoms with Gasteiger partial charge in [0.1, 0.15) is 0 Å². The van der Waals surface area contributed by atoms with Gasteiger partial charge in [-0.25, -0.2) is 0 Å². The Kier molecular flexibility index (Phi) is 7.36. The second-order valence-electron chi connectivity index (χ2n) is 14.5. The summed E-state index contributed by atoms with van der Waals surface area (Å²) in [6.07, 6.45) is 0.884. The molecule has 0 fully saturated rings. The van der Waals surface area contributed by atoms with Crippen LogP contribution < -0.4 is 32.8 Å². The van der Waals surface area contributed by atoms with Crippen molar-refractivity contribution in [3.05, 3.63) is 204 Å². The number of hydrogen-bond donors (Lipinski definition) is 0. The molecule has 52 heavy (non-hydrogen) atoms. The average Bonchev–Trinajstić information content (AvgIpc) is 3.84. The summed E-state index contributed by atoms with van der Waals surface area (Å²) in [6, 6.07) is 62.9. The van der Waals surface area contributed by atoms with Crippen molar-refractivity contribution < 1.29 is 0 Å². The Labute approximate surface area is 308 Å². The molecule has 240 valence electrons. The van der Waals surface area contributed by atoms with Crippen LogP contribution in [0.2, 0.25) is 0 Å². The summed E-state index contributed by atoms with van der Waals surface area (Å²) in [6.45, 7) is 9.74. The third-order valence-corrected chi connectivity index (χ3v) is 11.6. The number of hydrogen-bond acceptors (Lipinski definition) is 0. The molecule has 0 unspecified atom stereocenters. The van der Waals surface area contributed by atoms with E-state index in [9.17, 15) is 0 Å². The van der Waals surface area contributed by atoms with Gasteiger partial charge in [-0.3, -0.25) is 0 Å². The first-order valence-electron chi connectivity index (χ1n) is 18.4. The quantitative estimate of drug-likeness (QED) is 0.183. The van der Waals surface area contributed by atoms with Crippen molar-refractivity contribution >= 4 is 69.6 Å². The van der Waals surface area contributed by atoms with Crippen molar-refractivity contribution in [1.82, 2.24) is 0 Å². The van der Waals surface area contributed by atoms with Crippen LogP contribution in [0, 0.1) is 0 Å². The minimum atomic E-state index is 0.231. The SMILES string of the molecule is C=C1Cc2ccccc2/C1=C(/B=C(C)c1ccc(B2c3ccccc3-c3ccccc32)cc1)c1ccc(B2c3ccccc3-c3ccccc32)cc1. The number of allylic oxidation sites excluding steroid dienone is 2. The van der Waals surface area contributed by atoms with E-state index in [-0.39, 0.29) is 13.4 Å². The van der Waals surface area contributed by atoms with Crippen LogP contribution in [0.1, 0.15) is 29.2 Å². The van der Waals surface area contributed by atoms with Gasteiger partial charge >= 0.3 is 309 Å². The Morgan fingerprint density at radius 3 is 1.31 bits per heavy atom. The first-order chi connectivity index (χ1) is 25.6. The zero-order chi connectivity index (χ0) is 34.8. The molecule has 0 aromatic heterocycles. The molecule has 0 radical (unpaired) electrons. The molecule has 7 aromatic rings. The van der Waals surface area contributed by atoms with Gasteiger partial charge in [-0.2, -0.15) is 0 Å². The molecule has 7 aromatic carbocycles. The normalized spacial score (nSPS) is 14.7. The molecule has 0 saturated heterocycles. The van der Waals surface area contributed by atoms with Gasteiger partial charge in [-0.15, -0.1) is 0 Å². The number of fused-ring (bicyclic) bond motifs is 7. The Bertz CT molecular complexity index is 2530. The molecule has 2 heterocycles. The van der Waals surface area contributed by atoms with Crippen LogP contribution in [0.4, 0.5) is 0 Å². The summed E-state index contributed by atoms with van der Waals surface area (Å²) in [4.78, 5) is 0. The second kappa shape index (κ2) is 12.4. The van der Waals surface area contributed by atoms with Gasteiger partial charge in [0.15, 0.2) is 0 Å². The molecule has 0 saturated carbocycles. The van der Waals surface area contributed by atoms with Crippen LogP contribution in [-0.2, 0) is 6.42 Å². The van der Waals surface area contributed by atoms with Crippen molar-refractivity contribution in [2.75, 3.05) is 0 Å². The van der Waals surface area contributed by atoms with Crippen LogP contribution in [0.5, 0.6) is 0 Å².